The standard InChI is InChI=1S/C15H23BrN2O/c1-3-12(8-9-17)5-7-15(19)18-14-6-4-11(2)10-13(14)16/h4,6,10,12H,3,5,7-9,17H2,1-2H3,(H,18,19). The number of halogens is 1. The molecule has 0 aromatic heterocycles. The van der Waals surface area contributed by atoms with Gasteiger partial charge >= 0.3 is 0 Å². The number of carbonyl (C=O) groups excluding carboxylic acids is 1. The van der Waals surface area contributed by atoms with Crippen LogP contribution in [0.1, 0.15) is 38.2 Å². The minimum atomic E-state index is 0.0695. The maximum absolute atomic E-state index is 11.9. The molecular weight excluding hydrogens is 304 g/mol. The van der Waals surface area contributed by atoms with Crippen LogP contribution in [-0.4, -0.2) is 12.5 Å². The minimum absolute atomic E-state index is 0.0695. The predicted octanol–water partition coefficient (Wildman–Crippen LogP) is 3.85. The third-order valence-electron chi connectivity index (χ3n) is 3.33. The van der Waals surface area contributed by atoms with Crippen LogP contribution in [0.2, 0.25) is 0 Å². The van der Waals surface area contributed by atoms with E-state index in [9.17, 15) is 4.79 Å². The highest BCUT2D eigenvalue weighted by Crippen LogP contribution is 2.24. The minimum Gasteiger partial charge on any atom is -0.330 e. The molecule has 1 amide bonds. The van der Waals surface area contributed by atoms with Gasteiger partial charge in [-0.1, -0.05) is 19.4 Å². The Bertz CT molecular complexity index is 421. The van der Waals surface area contributed by atoms with Crippen molar-refractivity contribution in [2.45, 2.75) is 39.5 Å². The summed E-state index contributed by atoms with van der Waals surface area (Å²) in [7, 11) is 0. The van der Waals surface area contributed by atoms with E-state index in [1.807, 2.05) is 25.1 Å². The van der Waals surface area contributed by atoms with Crippen LogP contribution in [0.3, 0.4) is 0 Å². The number of rotatable bonds is 7. The number of hydrogen-bond acceptors (Lipinski definition) is 2. The number of aryl methyl sites for hydroxylation is 1. The summed E-state index contributed by atoms with van der Waals surface area (Å²) in [4.78, 5) is 11.9. The molecule has 0 bridgehead atoms. The van der Waals surface area contributed by atoms with Crippen LogP contribution in [0.25, 0.3) is 0 Å². The lowest BCUT2D eigenvalue weighted by Gasteiger charge is -2.13. The molecule has 0 aliphatic carbocycles. The van der Waals surface area contributed by atoms with Crippen LogP contribution < -0.4 is 11.1 Å². The van der Waals surface area contributed by atoms with Crippen molar-refractivity contribution in [1.29, 1.82) is 0 Å². The molecular formula is C15H23BrN2O. The summed E-state index contributed by atoms with van der Waals surface area (Å²) in [6.45, 7) is 4.87. The van der Waals surface area contributed by atoms with Gasteiger partial charge in [-0.2, -0.15) is 0 Å². The van der Waals surface area contributed by atoms with E-state index in [1.54, 1.807) is 0 Å². The maximum Gasteiger partial charge on any atom is 0.224 e. The molecule has 0 heterocycles. The van der Waals surface area contributed by atoms with Crippen molar-refractivity contribution in [2.24, 2.45) is 11.7 Å². The highest BCUT2D eigenvalue weighted by atomic mass is 79.9. The summed E-state index contributed by atoms with van der Waals surface area (Å²) in [6, 6.07) is 5.91. The molecule has 1 rings (SSSR count). The second-order valence-corrected chi connectivity index (χ2v) is 5.78. The van der Waals surface area contributed by atoms with Crippen molar-refractivity contribution < 1.29 is 4.79 Å². The zero-order valence-corrected chi connectivity index (χ0v) is 13.3. The maximum atomic E-state index is 11.9. The molecule has 0 radical (unpaired) electrons. The van der Waals surface area contributed by atoms with Crippen LogP contribution in [0.5, 0.6) is 0 Å². The number of anilines is 1. The van der Waals surface area contributed by atoms with Crippen molar-refractivity contribution in [3.05, 3.63) is 28.2 Å². The molecule has 0 aliphatic rings. The van der Waals surface area contributed by atoms with E-state index in [0.29, 0.717) is 18.9 Å². The molecule has 0 saturated heterocycles. The Morgan fingerprint density at radius 2 is 2.16 bits per heavy atom. The zero-order chi connectivity index (χ0) is 14.3. The lowest BCUT2D eigenvalue weighted by molar-refractivity contribution is -0.116. The van der Waals surface area contributed by atoms with Crippen LogP contribution >= 0.6 is 15.9 Å². The number of nitrogens with two attached hydrogens (primary N) is 1. The third-order valence-corrected chi connectivity index (χ3v) is 3.99. The Kier molecular flexibility index (Phi) is 7.10. The molecule has 19 heavy (non-hydrogen) atoms. The summed E-state index contributed by atoms with van der Waals surface area (Å²) in [5.74, 6) is 0.622. The van der Waals surface area contributed by atoms with Gasteiger partial charge in [0, 0.05) is 10.9 Å². The van der Waals surface area contributed by atoms with Gasteiger partial charge in [-0.15, -0.1) is 0 Å². The quantitative estimate of drug-likeness (QED) is 0.799. The van der Waals surface area contributed by atoms with E-state index in [2.05, 4.69) is 28.2 Å². The van der Waals surface area contributed by atoms with Crippen LogP contribution in [0.15, 0.2) is 22.7 Å². The predicted molar refractivity (Wildman–Crippen MR) is 84.2 cm³/mol. The van der Waals surface area contributed by atoms with Gasteiger partial charge in [-0.25, -0.2) is 0 Å². The summed E-state index contributed by atoms with van der Waals surface area (Å²) < 4.78 is 0.926. The van der Waals surface area contributed by atoms with Gasteiger partial charge in [-0.05, 0) is 65.9 Å². The first-order valence-corrected chi connectivity index (χ1v) is 7.62. The first kappa shape index (κ1) is 16.2. The lowest BCUT2D eigenvalue weighted by atomic mass is 9.96. The summed E-state index contributed by atoms with van der Waals surface area (Å²) in [5, 5.41) is 2.94. The highest BCUT2D eigenvalue weighted by Gasteiger charge is 2.10. The number of amides is 1. The second-order valence-electron chi connectivity index (χ2n) is 4.92. The summed E-state index contributed by atoms with van der Waals surface area (Å²) >= 11 is 3.46. The van der Waals surface area contributed by atoms with Gasteiger partial charge in [0.1, 0.15) is 0 Å². The Hall–Kier alpha value is -0.870. The average Bonchev–Trinajstić information content (AvgIpc) is 2.38. The Balaban J connectivity index is 2.46. The molecule has 0 fully saturated rings. The average molecular weight is 327 g/mol. The highest BCUT2D eigenvalue weighted by molar-refractivity contribution is 9.10. The van der Waals surface area contributed by atoms with E-state index in [1.165, 1.54) is 5.56 Å². The largest absolute Gasteiger partial charge is 0.330 e. The lowest BCUT2D eigenvalue weighted by Crippen LogP contribution is -2.15. The second kappa shape index (κ2) is 8.33. The van der Waals surface area contributed by atoms with E-state index in [0.717, 1.165) is 29.4 Å². The smallest absolute Gasteiger partial charge is 0.224 e. The van der Waals surface area contributed by atoms with Gasteiger partial charge in [0.25, 0.3) is 0 Å². The van der Waals surface area contributed by atoms with Crippen LogP contribution in [0, 0.1) is 12.8 Å². The van der Waals surface area contributed by atoms with Crippen molar-refractivity contribution >= 4 is 27.5 Å². The molecule has 3 nitrogen and oxygen atoms in total. The van der Waals surface area contributed by atoms with E-state index >= 15 is 0 Å². The Labute approximate surface area is 124 Å². The summed E-state index contributed by atoms with van der Waals surface area (Å²) in [6.07, 6.45) is 3.54. The topological polar surface area (TPSA) is 55.1 Å². The number of hydrogen-bond donors (Lipinski definition) is 2. The Morgan fingerprint density at radius 1 is 1.42 bits per heavy atom. The molecule has 0 spiro atoms. The number of benzene rings is 1. The van der Waals surface area contributed by atoms with E-state index in [4.69, 9.17) is 5.73 Å². The number of carbonyl (C=O) groups is 1. The number of nitrogens with one attached hydrogen (secondary N) is 1. The molecule has 106 valence electrons. The van der Waals surface area contributed by atoms with Gasteiger partial charge in [0.2, 0.25) is 5.91 Å². The molecule has 1 atom stereocenters. The molecule has 0 saturated carbocycles. The van der Waals surface area contributed by atoms with Crippen molar-refractivity contribution in [2.75, 3.05) is 11.9 Å². The van der Waals surface area contributed by atoms with Gasteiger partial charge in [0.15, 0.2) is 0 Å². The molecule has 3 N–H and O–H groups in total. The van der Waals surface area contributed by atoms with Crippen molar-refractivity contribution in [1.82, 2.24) is 0 Å². The van der Waals surface area contributed by atoms with E-state index < -0.39 is 0 Å². The Morgan fingerprint density at radius 3 is 2.74 bits per heavy atom. The fourth-order valence-electron chi connectivity index (χ4n) is 2.06. The SMILES string of the molecule is CCC(CCN)CCC(=O)Nc1ccc(C)cc1Br. The molecule has 0 aliphatic heterocycles. The van der Waals surface area contributed by atoms with Gasteiger partial charge in [0.05, 0.1) is 5.69 Å². The normalized spacial score (nSPS) is 12.2. The van der Waals surface area contributed by atoms with Gasteiger partial charge in [-0.3, -0.25) is 4.79 Å². The fraction of sp³-hybridized carbons (Fsp3) is 0.533. The monoisotopic (exact) mass is 326 g/mol. The summed E-state index contributed by atoms with van der Waals surface area (Å²) in [5.41, 5.74) is 7.56. The first-order chi connectivity index (χ1) is 9.06. The van der Waals surface area contributed by atoms with Crippen molar-refractivity contribution in [3.63, 3.8) is 0 Å². The molecule has 1 aromatic carbocycles. The fourth-order valence-corrected chi connectivity index (χ4v) is 2.65. The van der Waals surface area contributed by atoms with Gasteiger partial charge < -0.3 is 11.1 Å². The van der Waals surface area contributed by atoms with Crippen LogP contribution in [-0.2, 0) is 4.79 Å². The van der Waals surface area contributed by atoms with Crippen LogP contribution in [0.4, 0.5) is 5.69 Å². The molecule has 4 heteroatoms. The molecule has 1 unspecified atom stereocenters. The first-order valence-electron chi connectivity index (χ1n) is 6.82. The van der Waals surface area contributed by atoms with E-state index in [-0.39, 0.29) is 5.91 Å². The third kappa shape index (κ3) is 5.74. The van der Waals surface area contributed by atoms with Crippen molar-refractivity contribution in [3.8, 4) is 0 Å². The molecule has 1 aromatic rings. The zero-order valence-electron chi connectivity index (χ0n) is 11.7.